The molecule has 3 aromatic rings. The number of hydrogen-bond donors (Lipinski definition) is 2. The molecule has 12 heteroatoms. The van der Waals surface area contributed by atoms with Gasteiger partial charge in [0, 0.05) is 24.1 Å². The van der Waals surface area contributed by atoms with E-state index in [4.69, 9.17) is 10.2 Å². The summed E-state index contributed by atoms with van der Waals surface area (Å²) < 4.78 is 66.5. The summed E-state index contributed by atoms with van der Waals surface area (Å²) in [6.07, 6.45) is -4.95. The van der Waals surface area contributed by atoms with Crippen molar-refractivity contribution in [2.45, 2.75) is 17.5 Å². The molecule has 0 unspecified atom stereocenters. The van der Waals surface area contributed by atoms with Crippen molar-refractivity contribution in [1.82, 2.24) is 9.87 Å². The molecular formula is C19H16F3N3O5S. The minimum absolute atomic E-state index is 0.313. The van der Waals surface area contributed by atoms with E-state index in [2.05, 4.69) is 9.82 Å². The first-order chi connectivity index (χ1) is 14.6. The molecule has 1 aromatic heterocycles. The highest BCUT2D eigenvalue weighted by molar-refractivity contribution is 7.89. The van der Waals surface area contributed by atoms with Gasteiger partial charge in [-0.05, 0) is 29.2 Å². The summed E-state index contributed by atoms with van der Waals surface area (Å²) >= 11 is 0. The van der Waals surface area contributed by atoms with Crippen LogP contribution in [-0.4, -0.2) is 32.1 Å². The summed E-state index contributed by atoms with van der Waals surface area (Å²) in [5, 5.41) is 0. The number of carbonyl (C=O) groups is 1. The average molecular weight is 455 g/mol. The monoisotopic (exact) mass is 455 g/mol. The van der Waals surface area contributed by atoms with Crippen molar-refractivity contribution in [3.05, 3.63) is 60.5 Å². The number of rotatable bonds is 7. The van der Waals surface area contributed by atoms with Crippen LogP contribution < -0.4 is 10.6 Å². The van der Waals surface area contributed by atoms with E-state index >= 15 is 0 Å². The van der Waals surface area contributed by atoms with Gasteiger partial charge < -0.3 is 15.0 Å². The quantitative estimate of drug-likeness (QED) is 0.525. The van der Waals surface area contributed by atoms with Crippen molar-refractivity contribution < 1.29 is 35.6 Å². The zero-order chi connectivity index (χ0) is 22.6. The molecule has 31 heavy (non-hydrogen) atoms. The molecule has 164 valence electrons. The first-order valence-corrected chi connectivity index (χ1v) is 10.3. The highest BCUT2D eigenvalue weighted by Gasteiger charge is 2.42. The fourth-order valence-corrected chi connectivity index (χ4v) is 3.34. The van der Waals surface area contributed by atoms with Crippen LogP contribution in [0.1, 0.15) is 5.89 Å². The van der Waals surface area contributed by atoms with E-state index in [1.165, 1.54) is 12.1 Å². The molecule has 1 heterocycles. The molecule has 8 nitrogen and oxygen atoms in total. The Labute approximate surface area is 174 Å². The number of benzene rings is 2. The minimum Gasteiger partial charge on any atom is -0.440 e. The Balaban J connectivity index is 1.88. The Morgan fingerprint density at radius 3 is 2.29 bits per heavy atom. The number of halogens is 3. The lowest BCUT2D eigenvalue weighted by atomic mass is 10.1. The van der Waals surface area contributed by atoms with E-state index in [0.717, 1.165) is 22.6 Å². The van der Waals surface area contributed by atoms with Gasteiger partial charge in [-0.1, -0.05) is 30.3 Å². The maximum atomic E-state index is 12.2. The van der Waals surface area contributed by atoms with Gasteiger partial charge in [0.05, 0.1) is 4.90 Å². The fourth-order valence-electron chi connectivity index (χ4n) is 2.57. The van der Waals surface area contributed by atoms with E-state index in [1.54, 1.807) is 0 Å². The molecule has 0 aliphatic carbocycles. The molecule has 0 spiro atoms. The third-order valence-electron chi connectivity index (χ3n) is 3.98. The standard InChI is InChI=1S/C19H16F3N3O5S/c20-19(21,22)18(26)30-25-31(27,28)14-8-6-13(7-9-14)17-16(12-4-2-1-3-5-12)24-15(29-17)10-11-23/h1-9,25H,10-11,23H2. The van der Waals surface area contributed by atoms with Crippen LogP contribution in [0.5, 0.6) is 0 Å². The molecule has 0 aliphatic rings. The maximum absolute atomic E-state index is 12.2. The molecule has 0 bridgehead atoms. The summed E-state index contributed by atoms with van der Waals surface area (Å²) in [5.41, 5.74) is 7.33. The van der Waals surface area contributed by atoms with Gasteiger partial charge in [0.2, 0.25) is 0 Å². The zero-order valence-electron chi connectivity index (χ0n) is 15.7. The first-order valence-electron chi connectivity index (χ1n) is 8.77. The number of aromatic nitrogens is 1. The summed E-state index contributed by atoms with van der Waals surface area (Å²) in [6, 6.07) is 14.1. The summed E-state index contributed by atoms with van der Waals surface area (Å²) in [6.45, 7) is 0.313. The number of oxazole rings is 1. The van der Waals surface area contributed by atoms with Gasteiger partial charge >= 0.3 is 12.1 Å². The van der Waals surface area contributed by atoms with E-state index < -0.39 is 27.1 Å². The molecule has 0 amide bonds. The van der Waals surface area contributed by atoms with Crippen LogP contribution in [0.4, 0.5) is 13.2 Å². The second-order valence-electron chi connectivity index (χ2n) is 6.19. The number of nitrogens with two attached hydrogens (primary N) is 1. The molecule has 0 atom stereocenters. The van der Waals surface area contributed by atoms with E-state index in [-0.39, 0.29) is 0 Å². The van der Waals surface area contributed by atoms with Crippen molar-refractivity contribution in [1.29, 1.82) is 0 Å². The van der Waals surface area contributed by atoms with Crippen LogP contribution >= 0.6 is 0 Å². The maximum Gasteiger partial charge on any atom is 0.492 e. The van der Waals surface area contributed by atoms with Crippen molar-refractivity contribution >= 4 is 16.0 Å². The third kappa shape index (κ3) is 5.29. The number of nitrogens with zero attached hydrogens (tertiary/aromatic N) is 1. The van der Waals surface area contributed by atoms with Crippen molar-refractivity contribution in [3.8, 4) is 22.6 Å². The van der Waals surface area contributed by atoms with Crippen LogP contribution in [0, 0.1) is 0 Å². The van der Waals surface area contributed by atoms with Crippen LogP contribution in [0.3, 0.4) is 0 Å². The zero-order valence-corrected chi connectivity index (χ0v) is 16.5. The Morgan fingerprint density at radius 1 is 1.06 bits per heavy atom. The fraction of sp³-hybridized carbons (Fsp3) is 0.158. The van der Waals surface area contributed by atoms with Crippen molar-refractivity contribution in [3.63, 3.8) is 0 Å². The average Bonchev–Trinajstić information content (AvgIpc) is 3.16. The third-order valence-corrected chi connectivity index (χ3v) is 5.17. The van der Waals surface area contributed by atoms with Crippen LogP contribution in [0.25, 0.3) is 22.6 Å². The topological polar surface area (TPSA) is 125 Å². The van der Waals surface area contributed by atoms with Gasteiger partial charge in [-0.2, -0.15) is 13.2 Å². The Morgan fingerprint density at radius 2 is 1.71 bits per heavy atom. The van der Waals surface area contributed by atoms with Crippen molar-refractivity contribution in [2.24, 2.45) is 5.73 Å². The van der Waals surface area contributed by atoms with Gasteiger partial charge in [0.25, 0.3) is 10.0 Å². The molecule has 3 rings (SSSR count). The summed E-state index contributed by atoms with van der Waals surface area (Å²) in [5.74, 6) is -1.92. The lowest BCUT2D eigenvalue weighted by molar-refractivity contribution is -0.203. The first kappa shape index (κ1) is 22.5. The minimum atomic E-state index is -5.34. The van der Waals surface area contributed by atoms with Gasteiger partial charge in [-0.25, -0.2) is 18.2 Å². The van der Waals surface area contributed by atoms with Gasteiger partial charge in [-0.3, -0.25) is 0 Å². The van der Waals surface area contributed by atoms with Gasteiger partial charge in [0.1, 0.15) is 5.69 Å². The number of hydrogen-bond acceptors (Lipinski definition) is 7. The molecule has 0 saturated carbocycles. The number of sulfonamides is 1. The Kier molecular flexibility index (Phi) is 6.43. The predicted octanol–water partition coefficient (Wildman–Crippen LogP) is 2.81. The normalized spacial score (nSPS) is 12.0. The second-order valence-corrected chi connectivity index (χ2v) is 7.83. The second kappa shape index (κ2) is 8.88. The molecular weight excluding hydrogens is 439 g/mol. The van der Waals surface area contributed by atoms with Crippen LogP contribution in [0.15, 0.2) is 63.9 Å². The number of carbonyl (C=O) groups excluding carboxylic acids is 1. The Bertz CT molecular complexity index is 1160. The molecule has 0 aliphatic heterocycles. The molecule has 2 aromatic carbocycles. The molecule has 3 N–H and O–H groups in total. The largest absolute Gasteiger partial charge is 0.492 e. The molecule has 0 saturated heterocycles. The predicted molar refractivity (Wildman–Crippen MR) is 103 cm³/mol. The highest BCUT2D eigenvalue weighted by Crippen LogP contribution is 2.33. The van der Waals surface area contributed by atoms with E-state index in [0.29, 0.717) is 35.9 Å². The van der Waals surface area contributed by atoms with Gasteiger partial charge in [-0.15, -0.1) is 0 Å². The summed E-state index contributed by atoms with van der Waals surface area (Å²) in [7, 11) is -4.54. The smallest absolute Gasteiger partial charge is 0.440 e. The van der Waals surface area contributed by atoms with Crippen LogP contribution in [-0.2, 0) is 26.1 Å². The lowest BCUT2D eigenvalue weighted by Gasteiger charge is -2.09. The van der Waals surface area contributed by atoms with E-state index in [9.17, 15) is 26.4 Å². The Hall–Kier alpha value is -3.22. The van der Waals surface area contributed by atoms with E-state index in [1.807, 2.05) is 30.3 Å². The number of alkyl halides is 3. The van der Waals surface area contributed by atoms with Crippen LogP contribution in [0.2, 0.25) is 0 Å². The lowest BCUT2D eigenvalue weighted by Crippen LogP contribution is -2.34. The summed E-state index contributed by atoms with van der Waals surface area (Å²) in [4.78, 5) is 19.5. The highest BCUT2D eigenvalue weighted by atomic mass is 32.2. The van der Waals surface area contributed by atoms with Gasteiger partial charge in [0.15, 0.2) is 11.7 Å². The SMILES string of the molecule is NCCc1nc(-c2ccccc2)c(-c2ccc(S(=O)(=O)NOC(=O)C(F)(F)F)cc2)o1. The molecule has 0 radical (unpaired) electrons. The van der Waals surface area contributed by atoms with Crippen molar-refractivity contribution in [2.75, 3.05) is 6.54 Å². The number of nitrogens with one attached hydrogen (secondary N) is 1. The molecule has 0 fully saturated rings.